The Kier molecular flexibility index (Phi) is 4.66. The fourth-order valence-corrected chi connectivity index (χ4v) is 3.54. The second-order valence-electron chi connectivity index (χ2n) is 5.19. The lowest BCUT2D eigenvalue weighted by Crippen LogP contribution is -2.04. The Labute approximate surface area is 144 Å². The SMILES string of the molecule is CCOC(=O)c1sc(Oc2ccccc2)c(-c2ccnn2C)c1C. The first-order valence-corrected chi connectivity index (χ1v) is 8.45. The number of aryl methyl sites for hydroxylation is 1. The first-order valence-electron chi connectivity index (χ1n) is 7.63. The Morgan fingerprint density at radius 3 is 2.62 bits per heavy atom. The maximum atomic E-state index is 12.2. The average Bonchev–Trinajstić information content (AvgIpc) is 3.12. The molecule has 0 aliphatic heterocycles. The molecule has 6 heteroatoms. The van der Waals surface area contributed by atoms with Gasteiger partial charge in [0, 0.05) is 13.2 Å². The third kappa shape index (κ3) is 3.05. The standard InChI is InChI=1S/C18H18N2O3S/c1-4-22-17(21)16-12(2)15(14-10-11-19-20(14)3)18(24-16)23-13-8-6-5-7-9-13/h5-11H,4H2,1-3H3. The smallest absolute Gasteiger partial charge is 0.348 e. The number of hydrogen-bond acceptors (Lipinski definition) is 5. The lowest BCUT2D eigenvalue weighted by Gasteiger charge is -2.08. The maximum Gasteiger partial charge on any atom is 0.348 e. The van der Waals surface area contributed by atoms with Crippen LogP contribution in [0.3, 0.4) is 0 Å². The first kappa shape index (κ1) is 16.3. The normalized spacial score (nSPS) is 10.6. The largest absolute Gasteiger partial charge is 0.462 e. The number of carbonyl (C=O) groups excluding carboxylic acids is 1. The quantitative estimate of drug-likeness (QED) is 0.644. The molecule has 0 spiro atoms. The number of benzene rings is 1. The molecule has 124 valence electrons. The van der Waals surface area contributed by atoms with Crippen LogP contribution in [-0.4, -0.2) is 22.4 Å². The van der Waals surface area contributed by atoms with E-state index >= 15 is 0 Å². The van der Waals surface area contributed by atoms with Gasteiger partial charge in [0.2, 0.25) is 0 Å². The van der Waals surface area contributed by atoms with E-state index in [1.165, 1.54) is 11.3 Å². The van der Waals surface area contributed by atoms with Crippen molar-refractivity contribution in [3.63, 3.8) is 0 Å². The number of para-hydroxylation sites is 1. The number of hydrogen-bond donors (Lipinski definition) is 0. The summed E-state index contributed by atoms with van der Waals surface area (Å²) in [4.78, 5) is 12.8. The number of aromatic nitrogens is 2. The molecule has 0 aliphatic rings. The molecule has 0 aliphatic carbocycles. The molecule has 3 aromatic rings. The predicted octanol–water partition coefficient (Wildman–Crippen LogP) is 4.43. The average molecular weight is 342 g/mol. The van der Waals surface area contributed by atoms with Gasteiger partial charge in [-0.15, -0.1) is 0 Å². The van der Waals surface area contributed by atoms with Gasteiger partial charge in [-0.25, -0.2) is 4.79 Å². The van der Waals surface area contributed by atoms with E-state index in [4.69, 9.17) is 9.47 Å². The van der Waals surface area contributed by atoms with Gasteiger partial charge < -0.3 is 9.47 Å². The summed E-state index contributed by atoms with van der Waals surface area (Å²) in [5.74, 6) is 0.393. The zero-order valence-corrected chi connectivity index (χ0v) is 14.6. The van der Waals surface area contributed by atoms with Gasteiger partial charge in [-0.3, -0.25) is 4.68 Å². The van der Waals surface area contributed by atoms with E-state index < -0.39 is 0 Å². The van der Waals surface area contributed by atoms with Crippen molar-refractivity contribution in [3.8, 4) is 22.1 Å². The lowest BCUT2D eigenvalue weighted by atomic mass is 10.1. The number of ether oxygens (including phenoxy) is 2. The van der Waals surface area contributed by atoms with Crippen LogP contribution < -0.4 is 4.74 Å². The second-order valence-corrected chi connectivity index (χ2v) is 6.18. The summed E-state index contributed by atoms with van der Waals surface area (Å²) < 4.78 is 13.0. The van der Waals surface area contributed by atoms with Crippen LogP contribution in [0, 0.1) is 6.92 Å². The minimum absolute atomic E-state index is 0.327. The molecule has 0 radical (unpaired) electrons. The van der Waals surface area contributed by atoms with E-state index in [0.717, 1.165) is 22.6 Å². The molecule has 5 nitrogen and oxygen atoms in total. The Bertz CT molecular complexity index is 853. The van der Waals surface area contributed by atoms with Crippen molar-refractivity contribution >= 4 is 17.3 Å². The highest BCUT2D eigenvalue weighted by Gasteiger charge is 2.25. The fourth-order valence-electron chi connectivity index (χ4n) is 2.46. The predicted molar refractivity (Wildman–Crippen MR) is 93.7 cm³/mol. The van der Waals surface area contributed by atoms with Crippen LogP contribution in [0.2, 0.25) is 0 Å². The van der Waals surface area contributed by atoms with Gasteiger partial charge >= 0.3 is 5.97 Å². The van der Waals surface area contributed by atoms with Crippen LogP contribution in [0.4, 0.5) is 0 Å². The van der Waals surface area contributed by atoms with Gasteiger partial charge in [0.15, 0.2) is 5.06 Å². The number of nitrogens with zero attached hydrogens (tertiary/aromatic N) is 2. The van der Waals surface area contributed by atoms with Crippen molar-refractivity contribution in [2.75, 3.05) is 6.61 Å². The second kappa shape index (κ2) is 6.88. The van der Waals surface area contributed by atoms with Crippen LogP contribution in [0.15, 0.2) is 42.6 Å². The van der Waals surface area contributed by atoms with E-state index in [-0.39, 0.29) is 5.97 Å². The van der Waals surface area contributed by atoms with Crippen molar-refractivity contribution in [2.45, 2.75) is 13.8 Å². The van der Waals surface area contributed by atoms with Crippen molar-refractivity contribution in [1.29, 1.82) is 0 Å². The summed E-state index contributed by atoms with van der Waals surface area (Å²) in [5.41, 5.74) is 2.60. The van der Waals surface area contributed by atoms with E-state index in [2.05, 4.69) is 5.10 Å². The zero-order chi connectivity index (χ0) is 17.1. The number of esters is 1. The Hall–Kier alpha value is -2.60. The molecule has 0 unspecified atom stereocenters. The summed E-state index contributed by atoms with van der Waals surface area (Å²) in [5, 5.41) is 4.88. The summed E-state index contributed by atoms with van der Waals surface area (Å²) >= 11 is 1.30. The molecule has 2 heterocycles. The van der Waals surface area contributed by atoms with Gasteiger partial charge in [-0.05, 0) is 37.6 Å². The minimum Gasteiger partial charge on any atom is -0.462 e. The number of thiophene rings is 1. The minimum atomic E-state index is -0.327. The zero-order valence-electron chi connectivity index (χ0n) is 13.8. The van der Waals surface area contributed by atoms with Crippen LogP contribution >= 0.6 is 11.3 Å². The van der Waals surface area contributed by atoms with Crippen molar-refractivity contribution in [1.82, 2.24) is 9.78 Å². The van der Waals surface area contributed by atoms with Gasteiger partial charge in [0.25, 0.3) is 0 Å². The van der Waals surface area contributed by atoms with Gasteiger partial charge in [-0.2, -0.15) is 5.10 Å². The highest BCUT2D eigenvalue weighted by Crippen LogP contribution is 2.44. The first-order chi connectivity index (χ1) is 11.6. The monoisotopic (exact) mass is 342 g/mol. The molecule has 2 aromatic heterocycles. The molecular formula is C18H18N2O3S. The molecule has 0 bridgehead atoms. The van der Waals surface area contributed by atoms with Crippen molar-refractivity contribution in [3.05, 3.63) is 53.0 Å². The summed E-state index contributed by atoms with van der Waals surface area (Å²) in [7, 11) is 1.86. The van der Waals surface area contributed by atoms with E-state index in [1.54, 1.807) is 17.8 Å². The third-order valence-corrected chi connectivity index (χ3v) is 4.76. The Balaban J connectivity index is 2.10. The van der Waals surface area contributed by atoms with Gasteiger partial charge in [0.1, 0.15) is 10.6 Å². The highest BCUT2D eigenvalue weighted by atomic mass is 32.1. The number of rotatable bonds is 5. The topological polar surface area (TPSA) is 53.4 Å². The lowest BCUT2D eigenvalue weighted by molar-refractivity contribution is 0.0531. The van der Waals surface area contributed by atoms with Crippen LogP contribution in [-0.2, 0) is 11.8 Å². The molecule has 0 atom stereocenters. The van der Waals surface area contributed by atoms with E-state index in [0.29, 0.717) is 16.5 Å². The van der Waals surface area contributed by atoms with Gasteiger partial charge in [0.05, 0.1) is 17.9 Å². The molecule has 3 rings (SSSR count). The molecule has 0 fully saturated rings. The fraction of sp³-hybridized carbons (Fsp3) is 0.222. The van der Waals surface area contributed by atoms with E-state index in [9.17, 15) is 4.79 Å². The Morgan fingerprint density at radius 1 is 1.25 bits per heavy atom. The Morgan fingerprint density at radius 2 is 2.00 bits per heavy atom. The summed E-state index contributed by atoms with van der Waals surface area (Å²) in [6.45, 7) is 4.04. The molecule has 24 heavy (non-hydrogen) atoms. The summed E-state index contributed by atoms with van der Waals surface area (Å²) in [6.07, 6.45) is 1.72. The third-order valence-electron chi connectivity index (χ3n) is 3.61. The molecule has 0 N–H and O–H groups in total. The van der Waals surface area contributed by atoms with Crippen LogP contribution in [0.25, 0.3) is 11.3 Å². The van der Waals surface area contributed by atoms with Crippen LogP contribution in [0.5, 0.6) is 10.8 Å². The molecule has 0 saturated carbocycles. The van der Waals surface area contributed by atoms with Gasteiger partial charge in [-0.1, -0.05) is 29.5 Å². The molecule has 0 amide bonds. The molecular weight excluding hydrogens is 324 g/mol. The maximum absolute atomic E-state index is 12.2. The van der Waals surface area contributed by atoms with Crippen LogP contribution in [0.1, 0.15) is 22.2 Å². The summed E-state index contributed by atoms with van der Waals surface area (Å²) in [6, 6.07) is 11.4. The number of carbonyl (C=O) groups is 1. The van der Waals surface area contributed by atoms with Crippen molar-refractivity contribution < 1.29 is 14.3 Å². The highest BCUT2D eigenvalue weighted by molar-refractivity contribution is 7.16. The molecule has 1 aromatic carbocycles. The van der Waals surface area contributed by atoms with Crippen molar-refractivity contribution in [2.24, 2.45) is 7.05 Å². The molecule has 0 saturated heterocycles. The van der Waals surface area contributed by atoms with E-state index in [1.807, 2.05) is 50.4 Å².